The normalized spacial score (nSPS) is 18.3. The Morgan fingerprint density at radius 2 is 1.92 bits per heavy atom. The summed E-state index contributed by atoms with van der Waals surface area (Å²) in [6.45, 7) is 0.101. The zero-order chi connectivity index (χ0) is 18.0. The highest BCUT2D eigenvalue weighted by molar-refractivity contribution is 7.89. The fraction of sp³-hybridized carbons (Fsp3) is 0.333. The molecule has 134 valence electrons. The molecule has 25 heavy (non-hydrogen) atoms. The maximum Gasteiger partial charge on any atom is 0.278 e. The molecular formula is C15H15F2N3O4S. The maximum absolute atomic E-state index is 13.8. The Hall–Kier alpha value is -2.33. The van der Waals surface area contributed by atoms with E-state index in [2.05, 4.69) is 9.97 Å². The number of methoxy groups -OCH3 is 1. The van der Waals surface area contributed by atoms with Crippen LogP contribution in [0.2, 0.25) is 0 Å². The molecule has 0 saturated carbocycles. The summed E-state index contributed by atoms with van der Waals surface area (Å²) in [6.07, 6.45) is 2.72. The summed E-state index contributed by atoms with van der Waals surface area (Å²) in [5, 5.41) is 0. The van der Waals surface area contributed by atoms with E-state index in [1.165, 1.54) is 19.5 Å². The van der Waals surface area contributed by atoms with Crippen LogP contribution in [-0.2, 0) is 10.0 Å². The van der Waals surface area contributed by atoms with Gasteiger partial charge in [0.05, 0.1) is 13.7 Å². The second-order valence-corrected chi connectivity index (χ2v) is 7.24. The first-order chi connectivity index (χ1) is 11.9. The van der Waals surface area contributed by atoms with E-state index in [4.69, 9.17) is 9.47 Å². The van der Waals surface area contributed by atoms with Gasteiger partial charge in [0.15, 0.2) is 0 Å². The molecule has 2 heterocycles. The molecule has 1 aliphatic rings. The van der Waals surface area contributed by atoms with Crippen molar-refractivity contribution in [2.24, 2.45) is 0 Å². The molecule has 0 aliphatic carbocycles. The second-order valence-electron chi connectivity index (χ2n) is 5.34. The van der Waals surface area contributed by atoms with Crippen LogP contribution >= 0.6 is 0 Å². The molecule has 7 nitrogen and oxygen atoms in total. The highest BCUT2D eigenvalue weighted by Crippen LogP contribution is 2.28. The molecule has 1 atom stereocenters. The van der Waals surface area contributed by atoms with Crippen LogP contribution in [0.15, 0.2) is 35.5 Å². The third-order valence-electron chi connectivity index (χ3n) is 3.72. The summed E-state index contributed by atoms with van der Waals surface area (Å²) in [7, 11) is -2.75. The van der Waals surface area contributed by atoms with Crippen molar-refractivity contribution in [3.05, 3.63) is 42.2 Å². The Labute approximate surface area is 143 Å². The number of halogens is 2. The first-order valence-electron chi connectivity index (χ1n) is 7.38. The summed E-state index contributed by atoms with van der Waals surface area (Å²) >= 11 is 0. The molecule has 1 aromatic heterocycles. The molecule has 3 rings (SSSR count). The molecule has 10 heteroatoms. The predicted molar refractivity (Wildman–Crippen MR) is 82.7 cm³/mol. The minimum atomic E-state index is -4.16. The van der Waals surface area contributed by atoms with Gasteiger partial charge in [-0.3, -0.25) is 0 Å². The Kier molecular flexibility index (Phi) is 4.82. The molecule has 1 aliphatic heterocycles. The number of nitrogens with zero attached hydrogens (tertiary/aromatic N) is 3. The lowest BCUT2D eigenvalue weighted by molar-refractivity contribution is 0.194. The summed E-state index contributed by atoms with van der Waals surface area (Å²) in [5.41, 5.74) is 0. The van der Waals surface area contributed by atoms with Gasteiger partial charge in [-0.2, -0.15) is 4.31 Å². The number of hydrogen-bond acceptors (Lipinski definition) is 6. The largest absolute Gasteiger partial charge is 0.477 e. The average Bonchev–Trinajstić information content (AvgIpc) is 3.07. The highest BCUT2D eigenvalue weighted by Gasteiger charge is 2.36. The molecule has 1 aromatic carbocycles. The van der Waals surface area contributed by atoms with Gasteiger partial charge < -0.3 is 9.47 Å². The van der Waals surface area contributed by atoms with E-state index < -0.39 is 32.7 Å². The number of ether oxygens (including phenoxy) is 2. The zero-order valence-corrected chi connectivity index (χ0v) is 14.0. The van der Waals surface area contributed by atoms with Crippen molar-refractivity contribution >= 4 is 10.0 Å². The predicted octanol–water partition coefficient (Wildman–Crippen LogP) is 1.61. The molecule has 0 bridgehead atoms. The summed E-state index contributed by atoms with van der Waals surface area (Å²) in [5.74, 6) is -1.50. The summed E-state index contributed by atoms with van der Waals surface area (Å²) < 4.78 is 63.9. The van der Waals surface area contributed by atoms with E-state index in [9.17, 15) is 17.2 Å². The highest BCUT2D eigenvalue weighted by atomic mass is 32.2. The number of rotatable bonds is 5. The van der Waals surface area contributed by atoms with Gasteiger partial charge in [-0.25, -0.2) is 27.2 Å². The van der Waals surface area contributed by atoms with Crippen LogP contribution in [0.5, 0.6) is 11.8 Å². The minimum absolute atomic E-state index is 0.0159. The third-order valence-corrected chi connectivity index (χ3v) is 5.60. The van der Waals surface area contributed by atoms with Gasteiger partial charge in [0.2, 0.25) is 10.0 Å². The molecule has 0 radical (unpaired) electrons. The molecular weight excluding hydrogens is 356 g/mol. The van der Waals surface area contributed by atoms with E-state index >= 15 is 0 Å². The number of benzene rings is 1. The van der Waals surface area contributed by atoms with Gasteiger partial charge in [0, 0.05) is 18.9 Å². The smallest absolute Gasteiger partial charge is 0.278 e. The van der Waals surface area contributed by atoms with Crippen molar-refractivity contribution in [3.63, 3.8) is 0 Å². The van der Waals surface area contributed by atoms with Gasteiger partial charge in [-0.05, 0) is 24.6 Å². The fourth-order valence-corrected chi connectivity index (χ4v) is 4.08. The van der Waals surface area contributed by atoms with Crippen molar-refractivity contribution in [1.29, 1.82) is 0 Å². The SMILES string of the molecule is COc1nccnc1OC1CCN(S(=O)(=O)c2cc(F)ccc2F)C1. The van der Waals surface area contributed by atoms with Crippen LogP contribution in [0.3, 0.4) is 0 Å². The van der Waals surface area contributed by atoms with Gasteiger partial charge >= 0.3 is 0 Å². The Bertz CT molecular complexity index is 879. The monoisotopic (exact) mass is 371 g/mol. The van der Waals surface area contributed by atoms with Gasteiger partial charge in [0.25, 0.3) is 11.8 Å². The van der Waals surface area contributed by atoms with Crippen LogP contribution in [0.4, 0.5) is 8.78 Å². The molecule has 1 saturated heterocycles. The molecule has 1 fully saturated rings. The summed E-state index contributed by atoms with van der Waals surface area (Å²) in [6, 6.07) is 2.33. The molecule has 0 spiro atoms. The van der Waals surface area contributed by atoms with E-state index in [-0.39, 0.29) is 24.8 Å². The van der Waals surface area contributed by atoms with Gasteiger partial charge in [-0.1, -0.05) is 0 Å². The molecule has 0 amide bonds. The first kappa shape index (κ1) is 17.5. The Morgan fingerprint density at radius 3 is 2.64 bits per heavy atom. The third kappa shape index (κ3) is 3.54. The van der Waals surface area contributed by atoms with Gasteiger partial charge in [0.1, 0.15) is 22.6 Å². The topological polar surface area (TPSA) is 81.6 Å². The quantitative estimate of drug-likeness (QED) is 0.794. The lowest BCUT2D eigenvalue weighted by Gasteiger charge is -2.17. The minimum Gasteiger partial charge on any atom is -0.477 e. The van der Waals surface area contributed by atoms with Crippen molar-refractivity contribution in [1.82, 2.24) is 14.3 Å². The number of hydrogen-bond donors (Lipinski definition) is 0. The van der Waals surface area contributed by atoms with E-state index in [0.717, 1.165) is 16.4 Å². The van der Waals surface area contributed by atoms with E-state index in [1.54, 1.807) is 0 Å². The zero-order valence-electron chi connectivity index (χ0n) is 13.2. The van der Waals surface area contributed by atoms with Crippen LogP contribution in [0, 0.1) is 11.6 Å². The standard InChI is InChI=1S/C15H15F2N3O4S/c1-23-14-15(19-6-5-18-14)24-11-4-7-20(9-11)25(21,22)13-8-10(16)2-3-12(13)17/h2-3,5-6,8,11H,4,7,9H2,1H3. The first-order valence-corrected chi connectivity index (χ1v) is 8.82. The second kappa shape index (κ2) is 6.89. The number of aromatic nitrogens is 2. The van der Waals surface area contributed by atoms with E-state index in [1.807, 2.05) is 0 Å². The number of sulfonamides is 1. The Balaban J connectivity index is 1.77. The lowest BCUT2D eigenvalue weighted by atomic mass is 10.3. The molecule has 2 aromatic rings. The van der Waals surface area contributed by atoms with E-state index in [0.29, 0.717) is 12.5 Å². The van der Waals surface area contributed by atoms with Crippen molar-refractivity contribution in [2.45, 2.75) is 17.4 Å². The van der Waals surface area contributed by atoms with Crippen LogP contribution in [0.1, 0.15) is 6.42 Å². The fourth-order valence-electron chi connectivity index (χ4n) is 2.52. The van der Waals surface area contributed by atoms with Gasteiger partial charge in [-0.15, -0.1) is 0 Å². The molecule has 1 unspecified atom stereocenters. The lowest BCUT2D eigenvalue weighted by Crippen LogP contribution is -2.31. The van der Waals surface area contributed by atoms with Crippen LogP contribution < -0.4 is 9.47 Å². The average molecular weight is 371 g/mol. The van der Waals surface area contributed by atoms with Crippen molar-refractivity contribution in [2.75, 3.05) is 20.2 Å². The van der Waals surface area contributed by atoms with Crippen LogP contribution in [-0.4, -0.2) is 49.0 Å². The summed E-state index contributed by atoms with van der Waals surface area (Å²) in [4.78, 5) is 7.25. The van der Waals surface area contributed by atoms with Crippen molar-refractivity contribution < 1.29 is 26.7 Å². The van der Waals surface area contributed by atoms with Crippen LogP contribution in [0.25, 0.3) is 0 Å². The maximum atomic E-state index is 13.8. The molecule has 0 N–H and O–H groups in total. The van der Waals surface area contributed by atoms with Crippen molar-refractivity contribution in [3.8, 4) is 11.8 Å². The Morgan fingerprint density at radius 1 is 1.20 bits per heavy atom.